The molecule has 0 amide bonds. The fraction of sp³-hybridized carbons (Fsp3) is 0.438. The number of rotatable bonds is 2. The predicted molar refractivity (Wildman–Crippen MR) is 93.0 cm³/mol. The minimum Gasteiger partial charge on any atom is -0.307 e. The van der Waals surface area contributed by atoms with Crippen molar-refractivity contribution in [1.29, 1.82) is 0 Å². The normalized spacial score (nSPS) is 31.2. The van der Waals surface area contributed by atoms with Gasteiger partial charge in [0.05, 0.1) is 11.7 Å². The van der Waals surface area contributed by atoms with Gasteiger partial charge in [-0.25, -0.2) is 9.37 Å². The summed E-state index contributed by atoms with van der Waals surface area (Å²) in [5.74, 6) is -0.0551. The maximum Gasteiger partial charge on any atom is 0.268 e. The largest absolute Gasteiger partial charge is 0.307 e. The van der Waals surface area contributed by atoms with E-state index in [-0.39, 0.29) is 17.5 Å². The number of nitrogens with one attached hydrogen (secondary N) is 3. The number of aromatic nitrogens is 4. The molecule has 5 N–H and O–H groups in total. The van der Waals surface area contributed by atoms with Crippen LogP contribution in [0.5, 0.6) is 0 Å². The number of alkyl halides is 1. The summed E-state index contributed by atoms with van der Waals surface area (Å²) < 4.78 is 14.7. The molecule has 0 spiro atoms. The second-order valence-corrected chi connectivity index (χ2v) is 8.00. The Balaban J connectivity index is 1.65. The van der Waals surface area contributed by atoms with Crippen LogP contribution in [0.2, 0.25) is 0 Å². The summed E-state index contributed by atoms with van der Waals surface area (Å²) in [4.78, 5) is 20.8. The Bertz CT molecular complexity index is 1040. The molecule has 3 aromatic heterocycles. The second-order valence-electron chi connectivity index (χ2n) is 6.95. The van der Waals surface area contributed by atoms with E-state index in [2.05, 4.69) is 25.5 Å². The van der Waals surface area contributed by atoms with E-state index in [1.807, 2.05) is 13.0 Å². The fourth-order valence-electron chi connectivity index (χ4n) is 4.13. The third-order valence-electron chi connectivity index (χ3n) is 5.38. The van der Waals surface area contributed by atoms with Crippen LogP contribution in [0.25, 0.3) is 20.7 Å². The van der Waals surface area contributed by atoms with Crippen LogP contribution in [-0.4, -0.2) is 32.4 Å². The van der Waals surface area contributed by atoms with Gasteiger partial charge >= 0.3 is 0 Å². The van der Waals surface area contributed by atoms with Gasteiger partial charge in [-0.2, -0.15) is 5.10 Å². The molecule has 9 heteroatoms. The van der Waals surface area contributed by atoms with Crippen molar-refractivity contribution in [3.8, 4) is 10.4 Å². The number of nitrogens with zero attached hydrogens (tertiary/aromatic N) is 2. The van der Waals surface area contributed by atoms with E-state index in [9.17, 15) is 9.18 Å². The molecule has 2 fully saturated rings. The fourth-order valence-corrected chi connectivity index (χ4v) is 5.19. The van der Waals surface area contributed by atoms with Gasteiger partial charge in [-0.1, -0.05) is 0 Å². The SMILES string of the molecule is Cc1[nH]ncc1-c1cc2nc(C3(N)NC4CC(F)C3C4)[nH]c(=O)c2s1. The number of aromatic amines is 2. The third-order valence-corrected chi connectivity index (χ3v) is 6.54. The summed E-state index contributed by atoms with van der Waals surface area (Å²) in [7, 11) is 0. The van der Waals surface area contributed by atoms with Crippen molar-refractivity contribution >= 4 is 21.6 Å². The van der Waals surface area contributed by atoms with Crippen molar-refractivity contribution in [3.05, 3.63) is 34.1 Å². The minimum absolute atomic E-state index is 0.0395. The van der Waals surface area contributed by atoms with Crippen LogP contribution in [0.1, 0.15) is 24.4 Å². The topological polar surface area (TPSA) is 112 Å². The average Bonchev–Trinajstić information content (AvgIpc) is 3.29. The number of thiophene rings is 1. The summed E-state index contributed by atoms with van der Waals surface area (Å²) in [6, 6.07) is 1.90. The number of aryl methyl sites for hydroxylation is 1. The number of fused-ring (bicyclic) bond motifs is 3. The smallest absolute Gasteiger partial charge is 0.268 e. The van der Waals surface area contributed by atoms with Crippen molar-refractivity contribution in [2.24, 2.45) is 11.7 Å². The molecule has 4 atom stereocenters. The van der Waals surface area contributed by atoms with Gasteiger partial charge in [0.2, 0.25) is 0 Å². The number of H-pyrrole nitrogens is 2. The highest BCUT2D eigenvalue weighted by atomic mass is 32.1. The standard InChI is InChI=1S/C16H17FN6OS/c1-6-8(5-19-23-6)12-4-11-13(25-12)14(24)21-15(20-11)16(18)9-2-7(22-16)3-10(9)17/h4-5,7,9-10,22H,2-3,18H2,1H3,(H,19,23)(H,20,21,24). The van der Waals surface area contributed by atoms with E-state index in [1.165, 1.54) is 11.3 Å². The molecule has 130 valence electrons. The molecule has 1 aliphatic heterocycles. The van der Waals surface area contributed by atoms with Crippen molar-refractivity contribution < 1.29 is 4.39 Å². The molecule has 2 bridgehead atoms. The van der Waals surface area contributed by atoms with E-state index >= 15 is 0 Å². The first-order valence-electron chi connectivity index (χ1n) is 8.21. The van der Waals surface area contributed by atoms with Crippen LogP contribution in [0.15, 0.2) is 17.1 Å². The highest BCUT2D eigenvalue weighted by Crippen LogP contribution is 2.45. The van der Waals surface area contributed by atoms with Gasteiger partial charge in [-0.3, -0.25) is 15.2 Å². The van der Waals surface area contributed by atoms with Gasteiger partial charge < -0.3 is 10.7 Å². The molecule has 1 aliphatic carbocycles. The molecule has 7 nitrogen and oxygen atoms in total. The van der Waals surface area contributed by atoms with Crippen LogP contribution in [0, 0.1) is 12.8 Å². The molecule has 1 saturated carbocycles. The zero-order valence-electron chi connectivity index (χ0n) is 13.5. The molecule has 25 heavy (non-hydrogen) atoms. The van der Waals surface area contributed by atoms with Crippen LogP contribution >= 0.6 is 11.3 Å². The van der Waals surface area contributed by atoms with Gasteiger partial charge in [0, 0.05) is 28.1 Å². The second kappa shape index (κ2) is 4.96. The third kappa shape index (κ3) is 2.06. The zero-order chi connectivity index (χ0) is 17.3. The Morgan fingerprint density at radius 1 is 1.44 bits per heavy atom. The number of hydrogen-bond acceptors (Lipinski definition) is 6. The molecule has 0 aromatic carbocycles. The molecule has 3 aromatic rings. The van der Waals surface area contributed by atoms with Gasteiger partial charge in [0.1, 0.15) is 22.4 Å². The molecule has 4 unspecified atom stereocenters. The Morgan fingerprint density at radius 3 is 2.96 bits per heavy atom. The first-order valence-corrected chi connectivity index (χ1v) is 9.02. The van der Waals surface area contributed by atoms with Crippen molar-refractivity contribution in [2.45, 2.75) is 37.6 Å². The van der Waals surface area contributed by atoms with Crippen molar-refractivity contribution in [1.82, 2.24) is 25.5 Å². The van der Waals surface area contributed by atoms with Crippen LogP contribution in [0.4, 0.5) is 4.39 Å². The molecule has 2 aliphatic rings. The predicted octanol–water partition coefficient (Wildman–Crippen LogP) is 1.51. The summed E-state index contributed by atoms with van der Waals surface area (Å²) in [6.45, 7) is 1.92. The monoisotopic (exact) mass is 360 g/mol. The summed E-state index contributed by atoms with van der Waals surface area (Å²) in [5.41, 5.74) is 7.51. The molecular formula is C16H17FN6OS. The van der Waals surface area contributed by atoms with Gasteiger partial charge in [0.15, 0.2) is 0 Å². The quantitative estimate of drug-likeness (QED) is 0.553. The molecule has 0 radical (unpaired) electrons. The maximum absolute atomic E-state index is 14.2. The van der Waals surface area contributed by atoms with E-state index in [4.69, 9.17) is 5.73 Å². The van der Waals surface area contributed by atoms with E-state index < -0.39 is 11.8 Å². The minimum atomic E-state index is -1.12. The number of hydrogen-bond donors (Lipinski definition) is 4. The highest BCUT2D eigenvalue weighted by Gasteiger charge is 2.56. The lowest BCUT2D eigenvalue weighted by Gasteiger charge is -2.35. The van der Waals surface area contributed by atoms with E-state index in [1.54, 1.807) is 6.20 Å². The number of piperidine rings is 1. The first kappa shape index (κ1) is 15.2. The van der Waals surface area contributed by atoms with Crippen LogP contribution in [-0.2, 0) is 5.66 Å². The van der Waals surface area contributed by atoms with Gasteiger partial charge in [-0.15, -0.1) is 11.3 Å². The lowest BCUT2D eigenvalue weighted by molar-refractivity contribution is 0.124. The first-order chi connectivity index (χ1) is 12.0. The Hall–Kier alpha value is -2.10. The summed E-state index contributed by atoms with van der Waals surface area (Å²) in [6.07, 6.45) is 1.90. The molecule has 1 saturated heterocycles. The Kier molecular flexibility index (Phi) is 3.01. The highest BCUT2D eigenvalue weighted by molar-refractivity contribution is 7.22. The lowest BCUT2D eigenvalue weighted by Crippen LogP contribution is -2.58. The van der Waals surface area contributed by atoms with Gasteiger partial charge in [0.25, 0.3) is 5.56 Å². The Morgan fingerprint density at radius 2 is 2.28 bits per heavy atom. The van der Waals surface area contributed by atoms with E-state index in [0.717, 1.165) is 16.1 Å². The maximum atomic E-state index is 14.2. The number of halogens is 1. The molecule has 4 heterocycles. The van der Waals surface area contributed by atoms with Crippen molar-refractivity contribution in [2.75, 3.05) is 0 Å². The Labute approximate surface area is 145 Å². The van der Waals surface area contributed by atoms with Crippen LogP contribution in [0.3, 0.4) is 0 Å². The molecule has 5 rings (SSSR count). The lowest BCUT2D eigenvalue weighted by atomic mass is 9.91. The van der Waals surface area contributed by atoms with E-state index in [0.29, 0.717) is 28.9 Å². The summed E-state index contributed by atoms with van der Waals surface area (Å²) >= 11 is 1.36. The zero-order valence-corrected chi connectivity index (χ0v) is 14.3. The number of nitrogens with two attached hydrogens (primary N) is 1. The molecular weight excluding hydrogens is 343 g/mol. The van der Waals surface area contributed by atoms with Crippen LogP contribution < -0.4 is 16.6 Å². The van der Waals surface area contributed by atoms with Gasteiger partial charge in [-0.05, 0) is 25.8 Å². The summed E-state index contributed by atoms with van der Waals surface area (Å²) in [5, 5.41) is 10.2. The van der Waals surface area contributed by atoms with Crippen molar-refractivity contribution in [3.63, 3.8) is 0 Å². The average molecular weight is 360 g/mol.